The van der Waals surface area contributed by atoms with Crippen LogP contribution in [0.2, 0.25) is 0 Å². The van der Waals surface area contributed by atoms with Crippen molar-refractivity contribution in [3.05, 3.63) is 35.4 Å². The molecule has 2 rings (SSSR count). The van der Waals surface area contributed by atoms with Crippen LogP contribution in [0.4, 0.5) is 4.79 Å². The monoisotopic (exact) mass is 275 g/mol. The predicted octanol–water partition coefficient (Wildman–Crippen LogP) is 2.54. The second-order valence-electron chi connectivity index (χ2n) is 5.00. The van der Waals surface area contributed by atoms with Crippen molar-refractivity contribution in [1.82, 2.24) is 5.43 Å². The molecule has 1 fully saturated rings. The molecule has 1 aromatic carbocycles. The van der Waals surface area contributed by atoms with E-state index < -0.39 is 6.03 Å². The quantitative estimate of drug-likeness (QED) is 0.640. The van der Waals surface area contributed by atoms with Crippen molar-refractivity contribution < 1.29 is 9.53 Å². The minimum absolute atomic E-state index is 0.373. The summed E-state index contributed by atoms with van der Waals surface area (Å²) >= 11 is 0. The number of hydrogen-bond acceptors (Lipinski definition) is 3. The van der Waals surface area contributed by atoms with Crippen LogP contribution in [-0.2, 0) is 11.3 Å². The number of carbonyl (C=O) groups is 1. The Labute approximate surface area is 119 Å². The Bertz CT molecular complexity index is 468. The molecule has 20 heavy (non-hydrogen) atoms. The molecule has 2 amide bonds. The molecule has 0 heterocycles. The highest BCUT2D eigenvalue weighted by atomic mass is 16.5. The van der Waals surface area contributed by atoms with Crippen LogP contribution in [0.3, 0.4) is 0 Å². The first-order valence-corrected chi connectivity index (χ1v) is 7.04. The minimum Gasteiger partial charge on any atom is -0.374 e. The number of primary amides is 1. The summed E-state index contributed by atoms with van der Waals surface area (Å²) in [5, 5.41) is 3.79. The number of hydrogen-bond donors (Lipinski definition) is 2. The molecule has 1 saturated carbocycles. The van der Waals surface area contributed by atoms with Gasteiger partial charge in [-0.25, -0.2) is 10.2 Å². The van der Waals surface area contributed by atoms with Crippen LogP contribution >= 0.6 is 0 Å². The summed E-state index contributed by atoms with van der Waals surface area (Å²) in [6.07, 6.45) is 8.11. The van der Waals surface area contributed by atoms with Gasteiger partial charge in [-0.05, 0) is 18.4 Å². The molecule has 0 aromatic heterocycles. The van der Waals surface area contributed by atoms with E-state index in [-0.39, 0.29) is 0 Å². The lowest BCUT2D eigenvalue weighted by molar-refractivity contribution is 0.0168. The van der Waals surface area contributed by atoms with E-state index in [0.29, 0.717) is 12.7 Å². The molecular weight excluding hydrogens is 254 g/mol. The molecule has 0 bridgehead atoms. The summed E-state index contributed by atoms with van der Waals surface area (Å²) in [4.78, 5) is 10.6. The largest absolute Gasteiger partial charge is 0.374 e. The Kier molecular flexibility index (Phi) is 5.55. The van der Waals surface area contributed by atoms with Gasteiger partial charge in [-0.3, -0.25) is 0 Å². The molecule has 0 unspecified atom stereocenters. The van der Waals surface area contributed by atoms with Crippen molar-refractivity contribution in [3.8, 4) is 0 Å². The maximum Gasteiger partial charge on any atom is 0.332 e. The number of amides is 2. The average Bonchev–Trinajstić information content (AvgIpc) is 2.47. The number of nitrogens with two attached hydrogens (primary N) is 1. The normalized spacial score (nSPS) is 16.4. The van der Waals surface area contributed by atoms with Gasteiger partial charge >= 0.3 is 6.03 Å². The standard InChI is InChI=1S/C15H21N3O2/c16-15(19)18-17-10-12-6-4-5-7-13(12)11-20-14-8-2-1-3-9-14/h4-7,10,14H,1-3,8-9,11H2,(H3,16,18,19). The van der Waals surface area contributed by atoms with E-state index in [0.717, 1.165) is 24.0 Å². The SMILES string of the molecule is NC(=O)NN=Cc1ccccc1COC1CCCCC1. The van der Waals surface area contributed by atoms with Crippen molar-refractivity contribution in [2.45, 2.75) is 44.8 Å². The van der Waals surface area contributed by atoms with Gasteiger partial charge in [0.25, 0.3) is 0 Å². The van der Waals surface area contributed by atoms with E-state index in [1.165, 1.54) is 19.3 Å². The van der Waals surface area contributed by atoms with Crippen LogP contribution in [0.25, 0.3) is 0 Å². The Morgan fingerprint density at radius 1 is 1.35 bits per heavy atom. The van der Waals surface area contributed by atoms with Crippen LogP contribution < -0.4 is 11.2 Å². The summed E-state index contributed by atoms with van der Waals surface area (Å²) in [7, 11) is 0. The Morgan fingerprint density at radius 2 is 2.10 bits per heavy atom. The van der Waals surface area contributed by atoms with E-state index >= 15 is 0 Å². The van der Waals surface area contributed by atoms with Gasteiger partial charge in [-0.15, -0.1) is 0 Å². The second kappa shape index (κ2) is 7.65. The molecule has 0 radical (unpaired) electrons. The molecule has 5 nitrogen and oxygen atoms in total. The second-order valence-corrected chi connectivity index (χ2v) is 5.00. The molecule has 5 heteroatoms. The summed E-state index contributed by atoms with van der Waals surface area (Å²) in [6, 6.07) is 7.17. The van der Waals surface area contributed by atoms with E-state index in [1.54, 1.807) is 6.21 Å². The Morgan fingerprint density at radius 3 is 2.85 bits per heavy atom. The number of ether oxygens (including phenoxy) is 1. The van der Waals surface area contributed by atoms with Crippen LogP contribution in [-0.4, -0.2) is 18.3 Å². The molecule has 0 atom stereocenters. The van der Waals surface area contributed by atoms with Gasteiger partial charge in [0.2, 0.25) is 0 Å². The van der Waals surface area contributed by atoms with E-state index in [2.05, 4.69) is 10.5 Å². The number of carbonyl (C=O) groups excluding carboxylic acids is 1. The lowest BCUT2D eigenvalue weighted by atomic mass is 9.98. The maximum absolute atomic E-state index is 10.6. The lowest BCUT2D eigenvalue weighted by Gasteiger charge is -2.22. The highest BCUT2D eigenvalue weighted by Gasteiger charge is 2.14. The molecule has 0 spiro atoms. The third-order valence-corrected chi connectivity index (χ3v) is 3.46. The van der Waals surface area contributed by atoms with Crippen molar-refractivity contribution in [2.75, 3.05) is 0 Å². The number of urea groups is 1. The fourth-order valence-corrected chi connectivity index (χ4v) is 2.40. The van der Waals surface area contributed by atoms with E-state index in [4.69, 9.17) is 10.5 Å². The van der Waals surface area contributed by atoms with Gasteiger partial charge in [0, 0.05) is 5.56 Å². The fraction of sp³-hybridized carbons (Fsp3) is 0.467. The van der Waals surface area contributed by atoms with Gasteiger partial charge in [0.1, 0.15) is 0 Å². The zero-order valence-corrected chi connectivity index (χ0v) is 11.5. The lowest BCUT2D eigenvalue weighted by Crippen LogP contribution is -2.24. The van der Waals surface area contributed by atoms with Crippen LogP contribution in [0, 0.1) is 0 Å². The summed E-state index contributed by atoms with van der Waals surface area (Å²) in [6.45, 7) is 0.573. The topological polar surface area (TPSA) is 76.7 Å². The molecule has 1 aromatic rings. The number of nitrogens with zero attached hydrogens (tertiary/aromatic N) is 1. The van der Waals surface area contributed by atoms with E-state index in [9.17, 15) is 4.79 Å². The molecule has 0 aliphatic heterocycles. The Hall–Kier alpha value is -1.88. The smallest absolute Gasteiger partial charge is 0.332 e. The van der Waals surface area contributed by atoms with Crippen molar-refractivity contribution in [3.63, 3.8) is 0 Å². The van der Waals surface area contributed by atoms with E-state index in [1.807, 2.05) is 24.3 Å². The number of benzene rings is 1. The molecule has 1 aliphatic carbocycles. The first-order chi connectivity index (χ1) is 9.75. The third-order valence-electron chi connectivity index (χ3n) is 3.46. The van der Waals surface area contributed by atoms with Crippen LogP contribution in [0.1, 0.15) is 43.2 Å². The van der Waals surface area contributed by atoms with Crippen molar-refractivity contribution in [2.24, 2.45) is 10.8 Å². The summed E-state index contributed by atoms with van der Waals surface area (Å²) in [5.74, 6) is 0. The first kappa shape index (κ1) is 14.5. The molecule has 3 N–H and O–H groups in total. The number of nitrogens with one attached hydrogen (secondary N) is 1. The average molecular weight is 275 g/mol. The molecule has 0 saturated heterocycles. The minimum atomic E-state index is -0.669. The highest BCUT2D eigenvalue weighted by molar-refractivity contribution is 5.83. The summed E-state index contributed by atoms with van der Waals surface area (Å²) in [5.41, 5.74) is 9.15. The van der Waals surface area contributed by atoms with Crippen molar-refractivity contribution >= 4 is 12.2 Å². The number of hydrazone groups is 1. The number of rotatable bonds is 5. The fourth-order valence-electron chi connectivity index (χ4n) is 2.40. The maximum atomic E-state index is 10.6. The molecule has 108 valence electrons. The van der Waals surface area contributed by atoms with Gasteiger partial charge in [-0.1, -0.05) is 43.5 Å². The van der Waals surface area contributed by atoms with Gasteiger partial charge in [0.05, 0.1) is 18.9 Å². The Balaban J connectivity index is 1.92. The van der Waals surface area contributed by atoms with Crippen LogP contribution in [0.5, 0.6) is 0 Å². The molecule has 1 aliphatic rings. The first-order valence-electron chi connectivity index (χ1n) is 7.04. The predicted molar refractivity (Wildman–Crippen MR) is 78.4 cm³/mol. The molecular formula is C15H21N3O2. The zero-order chi connectivity index (χ0) is 14.2. The summed E-state index contributed by atoms with van der Waals surface area (Å²) < 4.78 is 5.96. The third kappa shape index (κ3) is 4.66. The van der Waals surface area contributed by atoms with Gasteiger partial charge in [0.15, 0.2) is 0 Å². The zero-order valence-electron chi connectivity index (χ0n) is 11.5. The highest BCUT2D eigenvalue weighted by Crippen LogP contribution is 2.21. The van der Waals surface area contributed by atoms with Crippen molar-refractivity contribution in [1.29, 1.82) is 0 Å². The van der Waals surface area contributed by atoms with Crippen LogP contribution in [0.15, 0.2) is 29.4 Å². The van der Waals surface area contributed by atoms with Gasteiger partial charge < -0.3 is 10.5 Å². The van der Waals surface area contributed by atoms with Gasteiger partial charge in [-0.2, -0.15) is 5.10 Å².